The number of benzene rings is 1. The molecule has 7 heteroatoms. The summed E-state index contributed by atoms with van der Waals surface area (Å²) in [5.74, 6) is 0.0308. The third-order valence-corrected chi connectivity index (χ3v) is 5.31. The van der Waals surface area contributed by atoms with E-state index < -0.39 is 0 Å². The van der Waals surface area contributed by atoms with Crippen LogP contribution in [0.5, 0.6) is 0 Å². The van der Waals surface area contributed by atoms with Crippen LogP contribution in [0.3, 0.4) is 0 Å². The number of hydrogen-bond acceptors (Lipinski definition) is 4. The third-order valence-electron chi connectivity index (χ3n) is 5.31. The van der Waals surface area contributed by atoms with Gasteiger partial charge in [-0.2, -0.15) is 5.26 Å². The summed E-state index contributed by atoms with van der Waals surface area (Å²) in [6, 6.07) is 10.2. The number of amides is 2. The molecule has 158 valence electrons. The average molecular weight is 408 g/mol. The predicted octanol–water partition coefficient (Wildman–Crippen LogP) is 2.24. The maximum atomic E-state index is 12.6. The first-order chi connectivity index (χ1) is 14.6. The third kappa shape index (κ3) is 5.49. The van der Waals surface area contributed by atoms with Crippen LogP contribution in [0.15, 0.2) is 36.5 Å². The van der Waals surface area contributed by atoms with Gasteiger partial charge in [0.15, 0.2) is 0 Å². The second-order valence-electron chi connectivity index (χ2n) is 7.49. The molecule has 1 aliphatic rings. The molecule has 1 aromatic heterocycles. The van der Waals surface area contributed by atoms with Gasteiger partial charge in [0.1, 0.15) is 0 Å². The van der Waals surface area contributed by atoms with Crippen LogP contribution >= 0.6 is 0 Å². The zero-order chi connectivity index (χ0) is 21.3. The van der Waals surface area contributed by atoms with Gasteiger partial charge in [-0.1, -0.05) is 25.1 Å². The van der Waals surface area contributed by atoms with Crippen LogP contribution in [0.2, 0.25) is 0 Å². The van der Waals surface area contributed by atoms with Crippen LogP contribution in [-0.4, -0.2) is 65.4 Å². The van der Waals surface area contributed by atoms with Crippen LogP contribution in [0.25, 0.3) is 17.0 Å². The van der Waals surface area contributed by atoms with Crippen molar-refractivity contribution in [3.63, 3.8) is 0 Å². The van der Waals surface area contributed by atoms with Crippen LogP contribution in [-0.2, 0) is 16.1 Å². The van der Waals surface area contributed by atoms with E-state index in [1.54, 1.807) is 6.08 Å². The fourth-order valence-corrected chi connectivity index (χ4v) is 3.68. The first-order valence-electron chi connectivity index (χ1n) is 10.5. The van der Waals surface area contributed by atoms with Crippen LogP contribution in [0.1, 0.15) is 25.3 Å². The van der Waals surface area contributed by atoms with Gasteiger partial charge in [-0.05, 0) is 18.6 Å². The minimum Gasteiger partial charge on any atom is -0.355 e. The molecule has 0 unspecified atom stereocenters. The monoisotopic (exact) mass is 407 g/mol. The molecule has 0 bridgehead atoms. The fraction of sp³-hybridized carbons (Fsp3) is 0.435. The van der Waals surface area contributed by atoms with Gasteiger partial charge in [0.05, 0.1) is 19.0 Å². The van der Waals surface area contributed by atoms with Crippen molar-refractivity contribution in [2.45, 2.75) is 26.3 Å². The molecule has 7 nitrogen and oxygen atoms in total. The molecule has 0 atom stereocenters. The molecule has 1 fully saturated rings. The lowest BCUT2D eigenvalue weighted by Crippen LogP contribution is -2.50. The Balaban J connectivity index is 1.58. The smallest absolute Gasteiger partial charge is 0.246 e. The van der Waals surface area contributed by atoms with Gasteiger partial charge in [0.2, 0.25) is 11.8 Å². The van der Waals surface area contributed by atoms with Crippen molar-refractivity contribution in [1.29, 1.82) is 5.26 Å². The topological polar surface area (TPSA) is 81.4 Å². The quantitative estimate of drug-likeness (QED) is 0.681. The molecule has 30 heavy (non-hydrogen) atoms. The maximum absolute atomic E-state index is 12.6. The molecular formula is C23H29N5O2. The number of para-hydroxylation sites is 1. The number of aromatic nitrogens is 1. The highest BCUT2D eigenvalue weighted by molar-refractivity contribution is 5.96. The number of nitrogens with one attached hydrogen (secondary N) is 1. The zero-order valence-corrected chi connectivity index (χ0v) is 17.5. The molecule has 1 aromatic carbocycles. The second kappa shape index (κ2) is 10.6. The van der Waals surface area contributed by atoms with Crippen LogP contribution in [0, 0.1) is 11.3 Å². The van der Waals surface area contributed by atoms with Gasteiger partial charge < -0.3 is 14.8 Å². The number of rotatable bonds is 8. The van der Waals surface area contributed by atoms with E-state index in [1.807, 2.05) is 48.4 Å². The number of carbonyl (C=O) groups is 2. The summed E-state index contributed by atoms with van der Waals surface area (Å²) in [5.41, 5.74) is 2.04. The van der Waals surface area contributed by atoms with E-state index in [4.69, 9.17) is 5.26 Å². The molecule has 3 rings (SSSR count). The number of piperazine rings is 1. The van der Waals surface area contributed by atoms with E-state index in [9.17, 15) is 9.59 Å². The summed E-state index contributed by atoms with van der Waals surface area (Å²) in [6.45, 7) is 6.39. The van der Waals surface area contributed by atoms with Crippen molar-refractivity contribution in [3.8, 4) is 6.07 Å². The number of nitrogens with zero attached hydrogens (tertiary/aromatic N) is 4. The molecular weight excluding hydrogens is 378 g/mol. The number of nitriles is 1. The predicted molar refractivity (Wildman–Crippen MR) is 118 cm³/mol. The number of fused-ring (bicyclic) bond motifs is 1. The van der Waals surface area contributed by atoms with Gasteiger partial charge in [0, 0.05) is 68.0 Å². The minimum atomic E-state index is -0.0149. The van der Waals surface area contributed by atoms with Crippen molar-refractivity contribution in [3.05, 3.63) is 42.1 Å². The zero-order valence-electron chi connectivity index (χ0n) is 17.5. The fourth-order valence-electron chi connectivity index (χ4n) is 3.68. The standard InChI is InChI=1S/C23H29N5O2/c1-2-11-25-22(29)18-26-13-15-27(16-14-26)23(30)9-8-19-17-28(12-5-10-24)21-7-4-3-6-20(19)21/h3-4,6-9,17H,2,5,11-16,18H2,1H3,(H,25,29)/b9-8+. The van der Waals surface area contributed by atoms with Crippen molar-refractivity contribution < 1.29 is 9.59 Å². The molecule has 0 saturated carbocycles. The van der Waals surface area contributed by atoms with Crippen LogP contribution < -0.4 is 5.32 Å². The first kappa shape index (κ1) is 21.6. The van der Waals surface area contributed by atoms with Crippen molar-refractivity contribution >= 4 is 28.8 Å². The lowest BCUT2D eigenvalue weighted by atomic mass is 10.1. The normalized spacial score (nSPS) is 14.9. The molecule has 0 radical (unpaired) electrons. The Morgan fingerprint density at radius 3 is 2.70 bits per heavy atom. The molecule has 0 aliphatic carbocycles. The summed E-state index contributed by atoms with van der Waals surface area (Å²) in [7, 11) is 0. The maximum Gasteiger partial charge on any atom is 0.246 e. The highest BCUT2D eigenvalue weighted by Crippen LogP contribution is 2.23. The highest BCUT2D eigenvalue weighted by Gasteiger charge is 2.21. The molecule has 2 aromatic rings. The molecule has 1 saturated heterocycles. The van der Waals surface area contributed by atoms with E-state index in [0.29, 0.717) is 52.2 Å². The molecule has 0 spiro atoms. The van der Waals surface area contributed by atoms with Crippen molar-refractivity contribution in [2.75, 3.05) is 39.3 Å². The summed E-state index contributed by atoms with van der Waals surface area (Å²) in [4.78, 5) is 28.4. The number of aryl methyl sites for hydroxylation is 1. The van der Waals surface area contributed by atoms with E-state index in [-0.39, 0.29) is 11.8 Å². The molecule has 2 heterocycles. The van der Waals surface area contributed by atoms with Gasteiger partial charge in [-0.3, -0.25) is 14.5 Å². The Morgan fingerprint density at radius 1 is 1.20 bits per heavy atom. The lowest BCUT2D eigenvalue weighted by molar-refractivity contribution is -0.128. The number of hydrogen-bond donors (Lipinski definition) is 1. The van der Waals surface area contributed by atoms with Crippen molar-refractivity contribution in [1.82, 2.24) is 19.7 Å². The Hall–Kier alpha value is -3.11. The Kier molecular flexibility index (Phi) is 7.63. The minimum absolute atomic E-state index is 0.0149. The Bertz CT molecular complexity index is 948. The largest absolute Gasteiger partial charge is 0.355 e. The molecule has 2 amide bonds. The number of carbonyl (C=O) groups excluding carboxylic acids is 2. The average Bonchev–Trinajstić information content (AvgIpc) is 3.13. The second-order valence-corrected chi connectivity index (χ2v) is 7.49. The molecule has 1 N–H and O–H groups in total. The summed E-state index contributed by atoms with van der Waals surface area (Å²) in [5, 5.41) is 12.8. The van der Waals surface area contributed by atoms with Gasteiger partial charge in [-0.25, -0.2) is 0 Å². The van der Waals surface area contributed by atoms with Crippen LogP contribution in [0.4, 0.5) is 0 Å². The van der Waals surface area contributed by atoms with Crippen molar-refractivity contribution in [2.24, 2.45) is 0 Å². The van der Waals surface area contributed by atoms with E-state index in [1.165, 1.54) is 0 Å². The summed E-state index contributed by atoms with van der Waals surface area (Å²) >= 11 is 0. The SMILES string of the molecule is CCCNC(=O)CN1CCN(C(=O)/C=C/c2cn(CCC#N)c3ccccc23)CC1. The Morgan fingerprint density at radius 2 is 1.97 bits per heavy atom. The first-order valence-corrected chi connectivity index (χ1v) is 10.5. The summed E-state index contributed by atoms with van der Waals surface area (Å²) < 4.78 is 2.06. The van der Waals surface area contributed by atoms with E-state index in [2.05, 4.69) is 20.9 Å². The van der Waals surface area contributed by atoms with Gasteiger partial charge >= 0.3 is 0 Å². The van der Waals surface area contributed by atoms with E-state index in [0.717, 1.165) is 22.9 Å². The Labute approximate surface area is 177 Å². The highest BCUT2D eigenvalue weighted by atomic mass is 16.2. The molecule has 1 aliphatic heterocycles. The van der Waals surface area contributed by atoms with Gasteiger partial charge in [0.25, 0.3) is 0 Å². The lowest BCUT2D eigenvalue weighted by Gasteiger charge is -2.33. The van der Waals surface area contributed by atoms with E-state index >= 15 is 0 Å². The van der Waals surface area contributed by atoms with Gasteiger partial charge in [-0.15, -0.1) is 0 Å². The summed E-state index contributed by atoms with van der Waals surface area (Å²) in [6.07, 6.45) is 6.86.